The lowest BCUT2D eigenvalue weighted by Gasteiger charge is -2.09. The van der Waals surface area contributed by atoms with Gasteiger partial charge in [-0.2, -0.15) is 0 Å². The zero-order valence-electron chi connectivity index (χ0n) is 12.6. The Kier molecular flexibility index (Phi) is 4.04. The summed E-state index contributed by atoms with van der Waals surface area (Å²) in [5.41, 5.74) is 2.12. The summed E-state index contributed by atoms with van der Waals surface area (Å²) in [6.07, 6.45) is 2.38. The minimum Gasteiger partial charge on any atom is -0.354 e. The molecule has 5 heteroatoms. The summed E-state index contributed by atoms with van der Waals surface area (Å²) in [5, 5.41) is 6.31. The number of pyridine rings is 1. The van der Waals surface area contributed by atoms with Gasteiger partial charge in [-0.25, -0.2) is 0 Å². The first kappa shape index (κ1) is 14.5. The number of carbonyl (C=O) groups excluding carboxylic acids is 2. The number of rotatable bonds is 5. The molecule has 2 N–H and O–H groups in total. The van der Waals surface area contributed by atoms with E-state index in [0.717, 1.165) is 16.6 Å². The van der Waals surface area contributed by atoms with Crippen molar-refractivity contribution in [1.82, 2.24) is 15.6 Å². The average molecular weight is 297 g/mol. The van der Waals surface area contributed by atoms with Gasteiger partial charge in [-0.05, 0) is 37.8 Å². The molecule has 5 nitrogen and oxygen atoms in total. The summed E-state index contributed by atoms with van der Waals surface area (Å²) >= 11 is 0. The number of hydrogen-bond acceptors (Lipinski definition) is 3. The Balaban J connectivity index is 1.67. The van der Waals surface area contributed by atoms with E-state index in [1.165, 1.54) is 12.8 Å². The van der Waals surface area contributed by atoms with Crippen LogP contribution >= 0.6 is 0 Å². The van der Waals surface area contributed by atoms with Crippen LogP contribution in [-0.4, -0.2) is 29.9 Å². The number of benzene rings is 1. The molecule has 0 atom stereocenters. The average Bonchev–Trinajstić information content (AvgIpc) is 3.34. The van der Waals surface area contributed by atoms with Gasteiger partial charge in [0.1, 0.15) is 0 Å². The lowest BCUT2D eigenvalue weighted by molar-refractivity contribution is -0.120. The van der Waals surface area contributed by atoms with Crippen LogP contribution in [0.25, 0.3) is 10.9 Å². The van der Waals surface area contributed by atoms with Gasteiger partial charge in [0.05, 0.1) is 17.6 Å². The number of aryl methyl sites for hydroxylation is 1. The maximum absolute atomic E-state index is 12.3. The fourth-order valence-electron chi connectivity index (χ4n) is 2.39. The molecule has 3 rings (SSSR count). The van der Waals surface area contributed by atoms with Gasteiger partial charge < -0.3 is 10.6 Å². The standard InChI is InChI=1S/C17H19N3O2/c1-11-8-14(13-4-2-3-5-15(13)20-11)17(22)19-10-16(21)18-9-12-6-7-12/h2-5,8,12H,6-7,9-10H2,1H3,(H,18,21)(H,19,22). The molecule has 1 aliphatic rings. The number of nitrogens with zero attached hydrogens (tertiary/aromatic N) is 1. The van der Waals surface area contributed by atoms with Crippen LogP contribution in [0.4, 0.5) is 0 Å². The topological polar surface area (TPSA) is 71.1 Å². The molecule has 0 spiro atoms. The Bertz CT molecular complexity index is 723. The molecule has 2 amide bonds. The third-order valence-electron chi connectivity index (χ3n) is 3.78. The lowest BCUT2D eigenvalue weighted by atomic mass is 10.1. The number of para-hydroxylation sites is 1. The van der Waals surface area contributed by atoms with Gasteiger partial charge >= 0.3 is 0 Å². The van der Waals surface area contributed by atoms with Crippen molar-refractivity contribution in [1.29, 1.82) is 0 Å². The summed E-state index contributed by atoms with van der Waals surface area (Å²) in [4.78, 5) is 28.5. The maximum atomic E-state index is 12.3. The second kappa shape index (κ2) is 6.13. The second-order valence-corrected chi connectivity index (χ2v) is 5.76. The van der Waals surface area contributed by atoms with Gasteiger partial charge in [0, 0.05) is 17.6 Å². The van der Waals surface area contributed by atoms with E-state index in [1.54, 1.807) is 6.07 Å². The number of fused-ring (bicyclic) bond motifs is 1. The van der Waals surface area contributed by atoms with E-state index in [1.807, 2.05) is 31.2 Å². The number of carbonyl (C=O) groups is 2. The highest BCUT2D eigenvalue weighted by Crippen LogP contribution is 2.27. The lowest BCUT2D eigenvalue weighted by Crippen LogP contribution is -2.37. The van der Waals surface area contributed by atoms with Crippen molar-refractivity contribution in [2.75, 3.05) is 13.1 Å². The highest BCUT2D eigenvalue weighted by Gasteiger charge is 2.21. The molecule has 1 heterocycles. The first-order chi connectivity index (χ1) is 10.6. The van der Waals surface area contributed by atoms with Crippen LogP contribution in [-0.2, 0) is 4.79 Å². The van der Waals surface area contributed by atoms with E-state index in [-0.39, 0.29) is 18.4 Å². The molecular weight excluding hydrogens is 278 g/mol. The third-order valence-corrected chi connectivity index (χ3v) is 3.78. The normalized spacial score (nSPS) is 13.9. The van der Waals surface area contributed by atoms with E-state index >= 15 is 0 Å². The Labute approximate surface area is 129 Å². The molecule has 2 aromatic rings. The molecule has 1 aromatic carbocycles. The van der Waals surface area contributed by atoms with Crippen LogP contribution in [0.2, 0.25) is 0 Å². The van der Waals surface area contributed by atoms with E-state index in [9.17, 15) is 9.59 Å². The molecule has 0 saturated heterocycles. The smallest absolute Gasteiger partial charge is 0.252 e. The quantitative estimate of drug-likeness (QED) is 0.884. The van der Waals surface area contributed by atoms with Crippen molar-refractivity contribution in [2.45, 2.75) is 19.8 Å². The molecule has 0 aliphatic heterocycles. The number of amides is 2. The third kappa shape index (κ3) is 3.42. The molecule has 0 radical (unpaired) electrons. The van der Waals surface area contributed by atoms with Crippen LogP contribution in [0.5, 0.6) is 0 Å². The van der Waals surface area contributed by atoms with Gasteiger partial charge in [0.25, 0.3) is 5.91 Å². The molecule has 0 unspecified atom stereocenters. The fraction of sp³-hybridized carbons (Fsp3) is 0.353. The predicted molar refractivity (Wildman–Crippen MR) is 84.5 cm³/mol. The number of hydrogen-bond donors (Lipinski definition) is 2. The molecule has 1 fully saturated rings. The van der Waals surface area contributed by atoms with Crippen LogP contribution in [0.15, 0.2) is 30.3 Å². The van der Waals surface area contributed by atoms with Crippen molar-refractivity contribution in [3.63, 3.8) is 0 Å². The highest BCUT2D eigenvalue weighted by molar-refractivity contribution is 6.07. The number of aromatic nitrogens is 1. The molecule has 22 heavy (non-hydrogen) atoms. The summed E-state index contributed by atoms with van der Waals surface area (Å²) in [6.45, 7) is 2.57. The van der Waals surface area contributed by atoms with Crippen LogP contribution < -0.4 is 10.6 Å². The minimum absolute atomic E-state index is 0.00124. The van der Waals surface area contributed by atoms with E-state index in [4.69, 9.17) is 0 Å². The Morgan fingerprint density at radius 1 is 1.23 bits per heavy atom. The van der Waals surface area contributed by atoms with E-state index in [2.05, 4.69) is 15.6 Å². The van der Waals surface area contributed by atoms with Crippen LogP contribution in [0, 0.1) is 12.8 Å². The Morgan fingerprint density at radius 3 is 2.77 bits per heavy atom. The molecule has 0 bridgehead atoms. The van der Waals surface area contributed by atoms with Crippen molar-refractivity contribution in [2.24, 2.45) is 5.92 Å². The SMILES string of the molecule is Cc1cc(C(=O)NCC(=O)NCC2CC2)c2ccccc2n1. The van der Waals surface area contributed by atoms with Crippen molar-refractivity contribution in [3.8, 4) is 0 Å². The summed E-state index contributed by atoms with van der Waals surface area (Å²) in [7, 11) is 0. The van der Waals surface area contributed by atoms with Crippen molar-refractivity contribution >= 4 is 22.7 Å². The maximum Gasteiger partial charge on any atom is 0.252 e. The minimum atomic E-state index is -0.247. The molecule has 1 aromatic heterocycles. The molecular formula is C17H19N3O2. The van der Waals surface area contributed by atoms with Gasteiger partial charge in [0.15, 0.2) is 0 Å². The van der Waals surface area contributed by atoms with Crippen LogP contribution in [0.1, 0.15) is 28.9 Å². The Hall–Kier alpha value is -2.43. The van der Waals surface area contributed by atoms with Gasteiger partial charge in [0.2, 0.25) is 5.91 Å². The molecule has 1 saturated carbocycles. The first-order valence-corrected chi connectivity index (χ1v) is 7.55. The zero-order valence-corrected chi connectivity index (χ0v) is 12.6. The summed E-state index contributed by atoms with van der Waals surface area (Å²) < 4.78 is 0. The zero-order chi connectivity index (χ0) is 15.5. The monoisotopic (exact) mass is 297 g/mol. The highest BCUT2D eigenvalue weighted by atomic mass is 16.2. The first-order valence-electron chi connectivity index (χ1n) is 7.55. The molecule has 1 aliphatic carbocycles. The van der Waals surface area contributed by atoms with E-state index in [0.29, 0.717) is 18.0 Å². The largest absolute Gasteiger partial charge is 0.354 e. The van der Waals surface area contributed by atoms with Gasteiger partial charge in [-0.15, -0.1) is 0 Å². The van der Waals surface area contributed by atoms with E-state index < -0.39 is 0 Å². The van der Waals surface area contributed by atoms with Crippen molar-refractivity contribution in [3.05, 3.63) is 41.6 Å². The van der Waals surface area contributed by atoms with Crippen molar-refractivity contribution < 1.29 is 9.59 Å². The van der Waals surface area contributed by atoms with Gasteiger partial charge in [-0.3, -0.25) is 14.6 Å². The van der Waals surface area contributed by atoms with Gasteiger partial charge in [-0.1, -0.05) is 18.2 Å². The second-order valence-electron chi connectivity index (χ2n) is 5.76. The predicted octanol–water partition coefficient (Wildman–Crippen LogP) is 1.80. The number of nitrogens with one attached hydrogen (secondary N) is 2. The summed E-state index contributed by atoms with van der Waals surface area (Å²) in [6, 6.07) is 9.26. The van der Waals surface area contributed by atoms with Crippen LogP contribution in [0.3, 0.4) is 0 Å². The summed E-state index contributed by atoms with van der Waals surface area (Å²) in [5.74, 6) is 0.241. The Morgan fingerprint density at radius 2 is 2.00 bits per heavy atom. The fourth-order valence-corrected chi connectivity index (χ4v) is 2.39. The molecule has 114 valence electrons.